The molecule has 7 heteroatoms. The van der Waals surface area contributed by atoms with Crippen LogP contribution in [0.2, 0.25) is 0 Å². The highest BCUT2D eigenvalue weighted by atomic mass is 16.5. The van der Waals surface area contributed by atoms with Gasteiger partial charge in [0.2, 0.25) is 11.8 Å². The fraction of sp³-hybridized carbons (Fsp3) is 0.448. The van der Waals surface area contributed by atoms with Gasteiger partial charge < -0.3 is 9.84 Å². The number of phenols is 1. The number of allylic oxidation sites excluding steroid dienone is 6. The Hall–Kier alpha value is -3.48. The van der Waals surface area contributed by atoms with Gasteiger partial charge in [0.1, 0.15) is 0 Å². The van der Waals surface area contributed by atoms with Crippen molar-refractivity contribution in [2.45, 2.75) is 58.9 Å². The number of ketones is 2. The van der Waals surface area contributed by atoms with E-state index in [0.29, 0.717) is 41.1 Å². The maximum absolute atomic E-state index is 13.7. The van der Waals surface area contributed by atoms with Crippen molar-refractivity contribution in [3.05, 3.63) is 58.2 Å². The van der Waals surface area contributed by atoms with Crippen LogP contribution in [0.4, 0.5) is 0 Å². The summed E-state index contributed by atoms with van der Waals surface area (Å²) in [6, 6.07) is 4.97. The number of benzene rings is 1. The predicted octanol–water partition coefficient (Wildman–Crippen LogP) is 4.02. The largest absolute Gasteiger partial charge is 0.504 e. The summed E-state index contributed by atoms with van der Waals surface area (Å²) in [4.78, 5) is 55.0. The molecule has 0 unspecified atom stereocenters. The average Bonchev–Trinajstić information content (AvgIpc) is 3.08. The number of nitrogens with zero attached hydrogens (tertiary/aromatic N) is 1. The van der Waals surface area contributed by atoms with Gasteiger partial charge in [0.05, 0.1) is 18.4 Å². The molecular formula is C29H31NO6. The Morgan fingerprint density at radius 1 is 1.08 bits per heavy atom. The standard InChI is InChI=1S/C29H31NO6/c1-6-36-22-12-15(7-10-20(22)31)23-16-8-9-17-24(28(35)30(27(17)34)29(3,4)5)18(16)13-19-21(32)11-14(2)26(33)25(19)23/h7-8,10-12,17-18,23-24,31H,6,9,13H2,1-5H3/t17-,18+,23-,24-/m0/s1. The summed E-state index contributed by atoms with van der Waals surface area (Å²) in [5.74, 6) is -2.50. The average molecular weight is 490 g/mol. The molecule has 4 aliphatic rings. The highest BCUT2D eigenvalue weighted by Gasteiger charge is 2.58. The van der Waals surface area contributed by atoms with Crippen LogP contribution in [-0.4, -0.2) is 45.5 Å². The summed E-state index contributed by atoms with van der Waals surface area (Å²) >= 11 is 0. The lowest BCUT2D eigenvalue weighted by Gasteiger charge is -2.42. The van der Waals surface area contributed by atoms with Gasteiger partial charge in [0, 0.05) is 28.2 Å². The molecule has 5 rings (SSSR count). The van der Waals surface area contributed by atoms with E-state index in [1.807, 2.05) is 33.8 Å². The van der Waals surface area contributed by atoms with Gasteiger partial charge in [0.25, 0.3) is 0 Å². The van der Waals surface area contributed by atoms with Crippen LogP contribution in [0.5, 0.6) is 11.5 Å². The van der Waals surface area contributed by atoms with E-state index in [1.54, 1.807) is 19.1 Å². The van der Waals surface area contributed by atoms with Crippen LogP contribution in [0.3, 0.4) is 0 Å². The topological polar surface area (TPSA) is 101 Å². The van der Waals surface area contributed by atoms with Crippen LogP contribution in [0.15, 0.2) is 52.6 Å². The lowest BCUT2D eigenvalue weighted by atomic mass is 9.59. The molecule has 1 N–H and O–H groups in total. The van der Waals surface area contributed by atoms with Gasteiger partial charge >= 0.3 is 0 Å². The van der Waals surface area contributed by atoms with Gasteiger partial charge in [-0.2, -0.15) is 0 Å². The molecule has 36 heavy (non-hydrogen) atoms. The number of phenolic OH excluding ortho intramolecular Hbond substituents is 1. The number of likely N-dealkylation sites (tertiary alicyclic amines) is 1. The summed E-state index contributed by atoms with van der Waals surface area (Å²) in [5.41, 5.74) is 2.17. The highest BCUT2D eigenvalue weighted by molar-refractivity contribution is 6.23. The highest BCUT2D eigenvalue weighted by Crippen LogP contribution is 2.56. The summed E-state index contributed by atoms with van der Waals surface area (Å²) in [6.07, 6.45) is 4.02. The number of rotatable bonds is 3. The van der Waals surface area contributed by atoms with E-state index in [1.165, 1.54) is 17.0 Å². The second kappa shape index (κ2) is 8.29. The number of fused-ring (bicyclic) bond motifs is 3. The first kappa shape index (κ1) is 24.2. The van der Waals surface area contributed by atoms with Crippen molar-refractivity contribution in [1.29, 1.82) is 0 Å². The van der Waals surface area contributed by atoms with Crippen LogP contribution in [0.1, 0.15) is 58.9 Å². The molecule has 1 aromatic carbocycles. The molecule has 1 aliphatic heterocycles. The molecule has 3 aliphatic carbocycles. The third-order valence-corrected chi connectivity index (χ3v) is 7.85. The Balaban J connectivity index is 1.69. The number of aromatic hydroxyl groups is 1. The molecule has 0 spiro atoms. The SMILES string of the molecule is CCOc1cc([C@H]2C3=CC[C@@H]4C(=O)N(C(C)(C)C)C(=O)[C@@H]4[C@@H]3CC3=C2C(=O)C(C)=CC3=O)ccc1O. The maximum atomic E-state index is 13.7. The number of imide groups is 1. The first-order valence-electron chi connectivity index (χ1n) is 12.5. The zero-order chi connectivity index (χ0) is 26.1. The number of carbonyl (C=O) groups excluding carboxylic acids is 4. The Morgan fingerprint density at radius 3 is 2.47 bits per heavy atom. The monoisotopic (exact) mass is 489 g/mol. The van der Waals surface area contributed by atoms with E-state index in [2.05, 4.69) is 0 Å². The van der Waals surface area contributed by atoms with Crippen molar-refractivity contribution in [1.82, 2.24) is 4.90 Å². The number of hydrogen-bond acceptors (Lipinski definition) is 6. The Bertz CT molecular complexity index is 1310. The number of hydrogen-bond donors (Lipinski definition) is 1. The molecule has 4 atom stereocenters. The van der Waals surface area contributed by atoms with Gasteiger partial charge in [-0.05, 0) is 77.2 Å². The lowest BCUT2D eigenvalue weighted by Crippen LogP contribution is -2.46. The normalized spacial score (nSPS) is 28.0. The molecule has 0 saturated carbocycles. The summed E-state index contributed by atoms with van der Waals surface area (Å²) in [7, 11) is 0. The van der Waals surface area contributed by atoms with Crippen LogP contribution in [0.25, 0.3) is 0 Å². The first-order valence-corrected chi connectivity index (χ1v) is 12.5. The van der Waals surface area contributed by atoms with Crippen LogP contribution in [-0.2, 0) is 19.2 Å². The molecule has 1 aromatic rings. The van der Waals surface area contributed by atoms with Crippen molar-refractivity contribution in [3.63, 3.8) is 0 Å². The van der Waals surface area contributed by atoms with E-state index in [4.69, 9.17) is 4.74 Å². The summed E-state index contributed by atoms with van der Waals surface area (Å²) < 4.78 is 5.61. The van der Waals surface area contributed by atoms with Crippen molar-refractivity contribution in [3.8, 4) is 11.5 Å². The van der Waals surface area contributed by atoms with Gasteiger partial charge in [-0.15, -0.1) is 0 Å². The van der Waals surface area contributed by atoms with Gasteiger partial charge in [-0.3, -0.25) is 24.1 Å². The van der Waals surface area contributed by atoms with Crippen molar-refractivity contribution in [2.75, 3.05) is 6.61 Å². The van der Waals surface area contributed by atoms with E-state index in [0.717, 1.165) is 5.57 Å². The zero-order valence-corrected chi connectivity index (χ0v) is 21.3. The molecule has 1 heterocycles. The van der Waals surface area contributed by atoms with Crippen LogP contribution in [0, 0.1) is 17.8 Å². The van der Waals surface area contributed by atoms with Crippen LogP contribution >= 0.6 is 0 Å². The van der Waals surface area contributed by atoms with E-state index < -0.39 is 23.3 Å². The maximum Gasteiger partial charge on any atom is 0.234 e. The molecule has 0 radical (unpaired) electrons. The third kappa shape index (κ3) is 3.47. The van der Waals surface area contributed by atoms with E-state index in [-0.39, 0.29) is 41.5 Å². The predicted molar refractivity (Wildman–Crippen MR) is 132 cm³/mol. The summed E-state index contributed by atoms with van der Waals surface area (Å²) in [5, 5.41) is 10.3. The second-order valence-corrected chi connectivity index (χ2v) is 11.1. The molecular weight excluding hydrogens is 458 g/mol. The van der Waals surface area contributed by atoms with Crippen molar-refractivity contribution < 1.29 is 29.0 Å². The van der Waals surface area contributed by atoms with Gasteiger partial charge in [-0.25, -0.2) is 0 Å². The minimum Gasteiger partial charge on any atom is -0.504 e. The number of Topliss-reactive ketones (excluding diaryl/α,β-unsaturated/α-hetero) is 1. The van der Waals surface area contributed by atoms with Gasteiger partial charge in [-0.1, -0.05) is 17.7 Å². The first-order chi connectivity index (χ1) is 17.0. The molecule has 0 aromatic heterocycles. The summed E-state index contributed by atoms with van der Waals surface area (Å²) in [6.45, 7) is 9.35. The molecule has 0 bridgehead atoms. The molecule has 1 fully saturated rings. The van der Waals surface area contributed by atoms with E-state index >= 15 is 0 Å². The smallest absolute Gasteiger partial charge is 0.234 e. The minimum atomic E-state index is -0.649. The Labute approximate surface area is 210 Å². The fourth-order valence-corrected chi connectivity index (χ4v) is 6.38. The van der Waals surface area contributed by atoms with Crippen molar-refractivity contribution in [2.24, 2.45) is 17.8 Å². The fourth-order valence-electron chi connectivity index (χ4n) is 6.38. The molecule has 7 nitrogen and oxygen atoms in total. The second-order valence-electron chi connectivity index (χ2n) is 11.1. The number of carbonyl (C=O) groups is 4. The third-order valence-electron chi connectivity index (χ3n) is 7.85. The minimum absolute atomic E-state index is 0.0145. The lowest BCUT2D eigenvalue weighted by molar-refractivity contribution is -0.145. The Morgan fingerprint density at radius 2 is 1.81 bits per heavy atom. The van der Waals surface area contributed by atoms with Gasteiger partial charge in [0.15, 0.2) is 23.1 Å². The molecule has 188 valence electrons. The van der Waals surface area contributed by atoms with Crippen molar-refractivity contribution >= 4 is 23.4 Å². The quantitative estimate of drug-likeness (QED) is 0.391. The molecule has 1 saturated heterocycles. The van der Waals surface area contributed by atoms with E-state index in [9.17, 15) is 24.3 Å². The number of ether oxygens (including phenoxy) is 1. The van der Waals surface area contributed by atoms with Crippen LogP contribution < -0.4 is 4.74 Å². The molecule has 2 amide bonds. The zero-order valence-electron chi connectivity index (χ0n) is 21.3. The number of amides is 2. The Kier molecular flexibility index (Phi) is 5.58.